The van der Waals surface area contributed by atoms with Crippen molar-refractivity contribution in [1.29, 1.82) is 0 Å². The van der Waals surface area contributed by atoms with E-state index in [4.69, 9.17) is 16.3 Å². The number of carbonyl (C=O) groups excluding carboxylic acids is 3. The van der Waals surface area contributed by atoms with E-state index in [9.17, 15) is 24.5 Å². The highest BCUT2D eigenvalue weighted by Crippen LogP contribution is 2.25. The Bertz CT molecular complexity index is 990. The number of ether oxygens (including phenoxy) is 1. The van der Waals surface area contributed by atoms with Crippen molar-refractivity contribution in [2.24, 2.45) is 0 Å². The van der Waals surface area contributed by atoms with E-state index in [1.54, 1.807) is 21.0 Å². The van der Waals surface area contributed by atoms with Crippen LogP contribution in [0.15, 0.2) is 36.4 Å². The van der Waals surface area contributed by atoms with Crippen LogP contribution in [0.4, 0.5) is 11.4 Å². The standard InChI is InChI=1S/C19H18ClN3O6/c1-4-29-19(26)13-7-12(8-14(9-13)23(27)28)17(24)21-16-10-11(5-6-15(16)20)18(25)22(2)3/h5-10H,4H2,1-3H3,(H,21,24). The SMILES string of the molecule is CCOC(=O)c1cc(C(=O)Nc2cc(C(=O)N(C)C)ccc2Cl)cc([N+](=O)[O-])c1. The zero-order valence-corrected chi connectivity index (χ0v) is 16.6. The molecule has 0 aliphatic carbocycles. The van der Waals surface area contributed by atoms with Gasteiger partial charge in [0.1, 0.15) is 0 Å². The number of hydrogen-bond donors (Lipinski definition) is 1. The van der Waals surface area contributed by atoms with Crippen LogP contribution >= 0.6 is 11.6 Å². The fourth-order valence-electron chi connectivity index (χ4n) is 2.39. The molecule has 29 heavy (non-hydrogen) atoms. The maximum atomic E-state index is 12.6. The molecule has 2 aromatic rings. The monoisotopic (exact) mass is 419 g/mol. The second-order valence-electron chi connectivity index (χ2n) is 6.09. The third kappa shape index (κ3) is 5.29. The number of nitrogens with one attached hydrogen (secondary N) is 1. The largest absolute Gasteiger partial charge is 0.462 e. The molecule has 0 spiro atoms. The molecule has 2 rings (SSSR count). The summed E-state index contributed by atoms with van der Waals surface area (Å²) in [5.74, 6) is -1.82. The molecule has 0 aliphatic rings. The normalized spacial score (nSPS) is 10.2. The number of nitro groups is 1. The van der Waals surface area contributed by atoms with Crippen LogP contribution in [0.1, 0.15) is 38.0 Å². The second kappa shape index (κ2) is 9.16. The Morgan fingerprint density at radius 1 is 1.10 bits per heavy atom. The van der Waals surface area contributed by atoms with Crippen LogP contribution < -0.4 is 5.32 Å². The van der Waals surface area contributed by atoms with Crippen LogP contribution in [0.3, 0.4) is 0 Å². The highest BCUT2D eigenvalue weighted by atomic mass is 35.5. The number of anilines is 1. The summed E-state index contributed by atoms with van der Waals surface area (Å²) < 4.78 is 4.84. The van der Waals surface area contributed by atoms with Gasteiger partial charge in [0.05, 0.1) is 27.8 Å². The molecule has 152 valence electrons. The Morgan fingerprint density at radius 3 is 2.34 bits per heavy atom. The molecule has 0 aliphatic heterocycles. The highest BCUT2D eigenvalue weighted by Gasteiger charge is 2.20. The van der Waals surface area contributed by atoms with Gasteiger partial charge in [0.15, 0.2) is 0 Å². The average Bonchev–Trinajstić information content (AvgIpc) is 2.68. The predicted molar refractivity (Wildman–Crippen MR) is 106 cm³/mol. The fourth-order valence-corrected chi connectivity index (χ4v) is 2.55. The van der Waals surface area contributed by atoms with Gasteiger partial charge in [-0.15, -0.1) is 0 Å². The molecule has 0 atom stereocenters. The topological polar surface area (TPSA) is 119 Å². The van der Waals surface area contributed by atoms with E-state index < -0.39 is 22.5 Å². The minimum atomic E-state index is -0.790. The number of nitrogens with zero attached hydrogens (tertiary/aromatic N) is 2. The van der Waals surface area contributed by atoms with E-state index in [0.717, 1.165) is 12.1 Å². The fraction of sp³-hybridized carbons (Fsp3) is 0.211. The van der Waals surface area contributed by atoms with Crippen molar-refractivity contribution >= 4 is 40.8 Å². The van der Waals surface area contributed by atoms with E-state index in [1.165, 1.54) is 29.2 Å². The summed E-state index contributed by atoms with van der Waals surface area (Å²) in [6.07, 6.45) is 0. The first-order valence-electron chi connectivity index (χ1n) is 8.43. The molecule has 0 saturated carbocycles. The van der Waals surface area contributed by atoms with Crippen molar-refractivity contribution in [3.63, 3.8) is 0 Å². The third-order valence-corrected chi connectivity index (χ3v) is 4.10. The summed E-state index contributed by atoms with van der Waals surface area (Å²) in [7, 11) is 3.16. The Balaban J connectivity index is 2.40. The highest BCUT2D eigenvalue weighted by molar-refractivity contribution is 6.34. The van der Waals surface area contributed by atoms with Gasteiger partial charge in [-0.2, -0.15) is 0 Å². The number of nitro benzene ring substituents is 1. The van der Waals surface area contributed by atoms with Crippen LogP contribution in [-0.2, 0) is 4.74 Å². The number of halogens is 1. The van der Waals surface area contributed by atoms with Gasteiger partial charge < -0.3 is 15.0 Å². The lowest BCUT2D eigenvalue weighted by molar-refractivity contribution is -0.384. The molecule has 0 unspecified atom stereocenters. The Kier molecular flexibility index (Phi) is 6.89. The molecule has 0 aromatic heterocycles. The van der Waals surface area contributed by atoms with E-state index in [1.807, 2.05) is 0 Å². The first-order valence-corrected chi connectivity index (χ1v) is 8.81. The summed E-state index contributed by atoms with van der Waals surface area (Å²) >= 11 is 6.09. The first-order chi connectivity index (χ1) is 13.6. The molecule has 2 amide bonds. The van der Waals surface area contributed by atoms with Crippen LogP contribution in [0.2, 0.25) is 5.02 Å². The molecule has 2 aromatic carbocycles. The number of benzene rings is 2. The smallest absolute Gasteiger partial charge is 0.338 e. The van der Waals surface area contributed by atoms with Crippen molar-refractivity contribution < 1.29 is 24.0 Å². The zero-order chi connectivity index (χ0) is 21.7. The molecule has 0 fully saturated rings. The van der Waals surface area contributed by atoms with Gasteiger partial charge in [-0.05, 0) is 31.2 Å². The van der Waals surface area contributed by atoms with Gasteiger partial charge in [0.2, 0.25) is 0 Å². The van der Waals surface area contributed by atoms with Crippen molar-refractivity contribution in [1.82, 2.24) is 4.90 Å². The minimum Gasteiger partial charge on any atom is -0.462 e. The number of rotatable bonds is 6. The van der Waals surface area contributed by atoms with Crippen LogP contribution in [0, 0.1) is 10.1 Å². The van der Waals surface area contributed by atoms with Gasteiger partial charge in [0.25, 0.3) is 17.5 Å². The third-order valence-electron chi connectivity index (χ3n) is 3.77. The van der Waals surface area contributed by atoms with Gasteiger partial charge in [-0.1, -0.05) is 11.6 Å². The molecule has 1 N–H and O–H groups in total. The molecule has 0 radical (unpaired) electrons. The maximum absolute atomic E-state index is 12.6. The predicted octanol–water partition coefficient (Wildman–Crippen LogP) is 3.38. The lowest BCUT2D eigenvalue weighted by Crippen LogP contribution is -2.22. The molecule has 0 heterocycles. The van der Waals surface area contributed by atoms with E-state index in [-0.39, 0.29) is 34.4 Å². The quantitative estimate of drug-likeness (QED) is 0.435. The van der Waals surface area contributed by atoms with Crippen molar-refractivity contribution in [3.8, 4) is 0 Å². The van der Waals surface area contributed by atoms with Gasteiger partial charge in [0, 0.05) is 37.4 Å². The van der Waals surface area contributed by atoms with E-state index >= 15 is 0 Å². The molecule has 0 saturated heterocycles. The van der Waals surface area contributed by atoms with Crippen LogP contribution in [0.5, 0.6) is 0 Å². The molecule has 9 nitrogen and oxygen atoms in total. The zero-order valence-electron chi connectivity index (χ0n) is 15.9. The van der Waals surface area contributed by atoms with Crippen LogP contribution in [0.25, 0.3) is 0 Å². The Hall–Kier alpha value is -3.46. The summed E-state index contributed by atoms with van der Waals surface area (Å²) in [5, 5.41) is 13.8. The van der Waals surface area contributed by atoms with Gasteiger partial charge >= 0.3 is 5.97 Å². The summed E-state index contributed by atoms with van der Waals surface area (Å²) in [5.41, 5.74) is -0.269. The number of esters is 1. The average molecular weight is 420 g/mol. The lowest BCUT2D eigenvalue weighted by Gasteiger charge is -2.13. The van der Waals surface area contributed by atoms with E-state index in [0.29, 0.717) is 5.56 Å². The number of hydrogen-bond acceptors (Lipinski definition) is 6. The Labute approximate surface area is 171 Å². The summed E-state index contributed by atoms with van der Waals surface area (Å²) in [6, 6.07) is 7.59. The number of non-ortho nitro benzene ring substituents is 1. The molecule has 10 heteroatoms. The molecule has 0 bridgehead atoms. The minimum absolute atomic E-state index is 0.0748. The van der Waals surface area contributed by atoms with Gasteiger partial charge in [-0.25, -0.2) is 4.79 Å². The summed E-state index contributed by atoms with van der Waals surface area (Å²) in [4.78, 5) is 48.5. The van der Waals surface area contributed by atoms with Crippen molar-refractivity contribution in [3.05, 3.63) is 68.2 Å². The number of amides is 2. The van der Waals surface area contributed by atoms with Gasteiger partial charge in [-0.3, -0.25) is 19.7 Å². The Morgan fingerprint density at radius 2 is 1.76 bits per heavy atom. The van der Waals surface area contributed by atoms with Crippen molar-refractivity contribution in [2.75, 3.05) is 26.0 Å². The second-order valence-corrected chi connectivity index (χ2v) is 6.50. The molecular formula is C19H18ClN3O6. The molecular weight excluding hydrogens is 402 g/mol. The first kappa shape index (κ1) is 21.8. The lowest BCUT2D eigenvalue weighted by atomic mass is 10.1. The maximum Gasteiger partial charge on any atom is 0.338 e. The number of carbonyl (C=O) groups is 3. The van der Waals surface area contributed by atoms with E-state index in [2.05, 4.69) is 5.32 Å². The van der Waals surface area contributed by atoms with Crippen LogP contribution in [-0.4, -0.2) is 48.3 Å². The van der Waals surface area contributed by atoms with Crippen molar-refractivity contribution in [2.45, 2.75) is 6.92 Å². The summed E-state index contributed by atoms with van der Waals surface area (Å²) in [6.45, 7) is 1.66.